The van der Waals surface area contributed by atoms with Crippen LogP contribution in [0, 0.1) is 0 Å². The Hall–Kier alpha value is -1.88. The van der Waals surface area contributed by atoms with Crippen molar-refractivity contribution in [1.82, 2.24) is 15.1 Å². The predicted molar refractivity (Wildman–Crippen MR) is 99.0 cm³/mol. The molecule has 0 saturated carbocycles. The van der Waals surface area contributed by atoms with E-state index in [1.807, 2.05) is 7.05 Å². The van der Waals surface area contributed by atoms with Gasteiger partial charge >= 0.3 is 6.03 Å². The quantitative estimate of drug-likeness (QED) is 0.735. The van der Waals surface area contributed by atoms with Crippen LogP contribution in [0.15, 0.2) is 23.1 Å². The lowest BCUT2D eigenvalue weighted by molar-refractivity contribution is -0.0881. The summed E-state index contributed by atoms with van der Waals surface area (Å²) in [5, 5.41) is 8.08. The molecule has 0 spiro atoms. The van der Waals surface area contributed by atoms with Gasteiger partial charge in [-0.1, -0.05) is 6.07 Å². The van der Waals surface area contributed by atoms with Crippen LogP contribution in [0.5, 0.6) is 5.75 Å². The van der Waals surface area contributed by atoms with E-state index in [-0.39, 0.29) is 35.4 Å². The van der Waals surface area contributed by atoms with Gasteiger partial charge in [0.1, 0.15) is 10.6 Å². The van der Waals surface area contributed by atoms with Crippen LogP contribution in [0.3, 0.4) is 0 Å². The zero-order valence-electron chi connectivity index (χ0n) is 15.6. The molecule has 27 heavy (non-hydrogen) atoms. The maximum Gasteiger partial charge on any atom is 0.317 e. The first-order chi connectivity index (χ1) is 12.8. The number of piperidine rings is 1. The van der Waals surface area contributed by atoms with Gasteiger partial charge in [0.05, 0.1) is 25.9 Å². The molecular weight excluding hydrogens is 372 g/mol. The lowest BCUT2D eigenvalue weighted by atomic mass is 9.99. The number of rotatable bonds is 4. The standard InChI is InChI=1S/C17H26N4O5S/c1-20-7-8-26-14-5-6-21(11-13(14)20)17(22)19-10-12-3-4-15(25-2)16(9-12)27(18,23)24/h3-4,9,13-14H,5-8,10-11H2,1-2H3,(H,19,22)(H2,18,23,24). The summed E-state index contributed by atoms with van der Waals surface area (Å²) in [6.45, 7) is 3.03. The summed E-state index contributed by atoms with van der Waals surface area (Å²) in [7, 11) is -0.489. The number of benzene rings is 1. The van der Waals surface area contributed by atoms with Gasteiger partial charge in [-0.05, 0) is 31.2 Å². The molecule has 2 fully saturated rings. The number of ether oxygens (including phenoxy) is 2. The van der Waals surface area contributed by atoms with Gasteiger partial charge in [0, 0.05) is 26.2 Å². The third kappa shape index (κ3) is 4.52. The number of likely N-dealkylation sites (N-methyl/N-ethyl adjacent to an activating group) is 1. The summed E-state index contributed by atoms with van der Waals surface area (Å²) < 4.78 is 34.2. The average molecular weight is 398 g/mol. The van der Waals surface area contributed by atoms with Crippen molar-refractivity contribution < 1.29 is 22.7 Å². The van der Waals surface area contributed by atoms with Gasteiger partial charge in [-0.3, -0.25) is 4.90 Å². The molecule has 3 N–H and O–H groups in total. The minimum Gasteiger partial charge on any atom is -0.495 e. The molecule has 2 aliphatic heterocycles. The number of primary sulfonamides is 1. The second-order valence-electron chi connectivity index (χ2n) is 6.88. The largest absolute Gasteiger partial charge is 0.495 e. The Labute approximate surface area is 159 Å². The van der Waals surface area contributed by atoms with E-state index in [2.05, 4.69) is 10.2 Å². The zero-order chi connectivity index (χ0) is 19.6. The first-order valence-corrected chi connectivity index (χ1v) is 10.4. The van der Waals surface area contributed by atoms with Gasteiger partial charge in [0.2, 0.25) is 10.0 Å². The molecule has 2 aliphatic rings. The highest BCUT2D eigenvalue weighted by atomic mass is 32.2. The SMILES string of the molecule is COc1ccc(CNC(=O)N2CCC3OCCN(C)C3C2)cc1S(N)(=O)=O. The molecule has 2 unspecified atom stereocenters. The van der Waals surface area contributed by atoms with Crippen LogP contribution in [-0.2, 0) is 21.3 Å². The second kappa shape index (κ2) is 8.01. The number of amides is 2. The number of carbonyl (C=O) groups excluding carboxylic acids is 1. The van der Waals surface area contributed by atoms with E-state index in [4.69, 9.17) is 14.6 Å². The summed E-state index contributed by atoms with van der Waals surface area (Å²) in [5.41, 5.74) is 0.626. The zero-order valence-corrected chi connectivity index (χ0v) is 16.4. The van der Waals surface area contributed by atoms with Gasteiger partial charge in [-0.2, -0.15) is 0 Å². The maximum atomic E-state index is 12.5. The molecule has 2 saturated heterocycles. The summed E-state index contributed by atoms with van der Waals surface area (Å²) in [4.78, 5) is 16.5. The first kappa shape index (κ1) is 19.9. The molecule has 0 aromatic heterocycles. The predicted octanol–water partition coefficient (Wildman–Crippen LogP) is -0.0429. The highest BCUT2D eigenvalue weighted by Crippen LogP contribution is 2.24. The number of likely N-dealkylation sites (tertiary alicyclic amines) is 1. The number of morpholine rings is 1. The van der Waals surface area contributed by atoms with Crippen molar-refractivity contribution in [3.63, 3.8) is 0 Å². The first-order valence-electron chi connectivity index (χ1n) is 8.84. The molecule has 3 rings (SSSR count). The van der Waals surface area contributed by atoms with Gasteiger partial charge in [0.15, 0.2) is 0 Å². The molecule has 0 bridgehead atoms. The Bertz CT molecular complexity index is 801. The highest BCUT2D eigenvalue weighted by Gasteiger charge is 2.36. The maximum absolute atomic E-state index is 12.5. The minimum atomic E-state index is -3.91. The van der Waals surface area contributed by atoms with Gasteiger partial charge in [0.25, 0.3) is 0 Å². The van der Waals surface area contributed by atoms with Crippen molar-refractivity contribution in [3.05, 3.63) is 23.8 Å². The molecule has 1 aromatic carbocycles. The molecule has 2 atom stereocenters. The second-order valence-corrected chi connectivity index (χ2v) is 8.41. The van der Waals surface area contributed by atoms with Crippen LogP contribution in [0.2, 0.25) is 0 Å². The Morgan fingerprint density at radius 3 is 2.89 bits per heavy atom. The van der Waals surface area contributed by atoms with Crippen molar-refractivity contribution in [2.24, 2.45) is 5.14 Å². The van der Waals surface area contributed by atoms with E-state index in [0.29, 0.717) is 18.7 Å². The van der Waals surface area contributed by atoms with Gasteiger partial charge in [-0.25, -0.2) is 18.4 Å². The monoisotopic (exact) mass is 398 g/mol. The average Bonchev–Trinajstić information content (AvgIpc) is 2.65. The number of nitrogens with one attached hydrogen (secondary N) is 1. The van der Waals surface area contributed by atoms with Crippen LogP contribution in [0.25, 0.3) is 0 Å². The Morgan fingerprint density at radius 1 is 1.41 bits per heavy atom. The molecule has 2 amide bonds. The number of fused-ring (bicyclic) bond motifs is 1. The van der Waals surface area contributed by atoms with E-state index < -0.39 is 10.0 Å². The lowest BCUT2D eigenvalue weighted by Crippen LogP contribution is -2.60. The van der Waals surface area contributed by atoms with Gasteiger partial charge < -0.3 is 19.7 Å². The topological polar surface area (TPSA) is 114 Å². The van der Waals surface area contributed by atoms with Crippen molar-refractivity contribution in [1.29, 1.82) is 0 Å². The molecule has 9 nitrogen and oxygen atoms in total. The molecule has 0 radical (unpaired) electrons. The molecular formula is C17H26N4O5S. The smallest absolute Gasteiger partial charge is 0.317 e. The van der Waals surface area contributed by atoms with E-state index in [1.165, 1.54) is 19.2 Å². The van der Waals surface area contributed by atoms with Crippen molar-refractivity contribution >= 4 is 16.1 Å². The Balaban J connectivity index is 1.62. The molecule has 0 aliphatic carbocycles. The minimum absolute atomic E-state index is 0.0986. The van der Waals surface area contributed by atoms with Crippen LogP contribution in [-0.4, -0.2) is 76.8 Å². The fourth-order valence-electron chi connectivity index (χ4n) is 3.57. The number of sulfonamides is 1. The fraction of sp³-hybridized carbons (Fsp3) is 0.588. The van der Waals surface area contributed by atoms with E-state index in [1.54, 1.807) is 11.0 Å². The molecule has 1 aromatic rings. The van der Waals surface area contributed by atoms with Crippen molar-refractivity contribution in [3.8, 4) is 5.75 Å². The van der Waals surface area contributed by atoms with Crippen LogP contribution in [0.1, 0.15) is 12.0 Å². The molecule has 2 heterocycles. The third-order valence-electron chi connectivity index (χ3n) is 5.13. The van der Waals surface area contributed by atoms with E-state index in [9.17, 15) is 13.2 Å². The molecule has 10 heteroatoms. The number of methoxy groups -OCH3 is 1. The van der Waals surface area contributed by atoms with Crippen molar-refractivity contribution in [2.75, 3.05) is 40.4 Å². The van der Waals surface area contributed by atoms with Gasteiger partial charge in [-0.15, -0.1) is 0 Å². The summed E-state index contributed by atoms with van der Waals surface area (Å²) in [6.07, 6.45) is 0.979. The summed E-state index contributed by atoms with van der Waals surface area (Å²) in [5.74, 6) is 0.176. The van der Waals surface area contributed by atoms with E-state index in [0.717, 1.165) is 19.6 Å². The Kier molecular flexibility index (Phi) is 5.89. The van der Waals surface area contributed by atoms with Crippen LogP contribution < -0.4 is 15.2 Å². The number of carbonyl (C=O) groups is 1. The summed E-state index contributed by atoms with van der Waals surface area (Å²) in [6, 6.07) is 4.67. The van der Waals surface area contributed by atoms with Crippen LogP contribution in [0.4, 0.5) is 4.79 Å². The van der Waals surface area contributed by atoms with Crippen molar-refractivity contribution in [2.45, 2.75) is 30.0 Å². The van der Waals surface area contributed by atoms with E-state index >= 15 is 0 Å². The third-order valence-corrected chi connectivity index (χ3v) is 6.06. The number of urea groups is 1. The number of nitrogens with two attached hydrogens (primary N) is 1. The Morgan fingerprint density at radius 2 is 2.19 bits per heavy atom. The lowest BCUT2D eigenvalue weighted by Gasteiger charge is -2.45. The number of hydrogen-bond donors (Lipinski definition) is 2. The summed E-state index contributed by atoms with van der Waals surface area (Å²) >= 11 is 0. The number of nitrogens with zero attached hydrogens (tertiary/aromatic N) is 2. The fourth-order valence-corrected chi connectivity index (χ4v) is 4.32. The normalized spacial score (nSPS) is 23.6. The number of hydrogen-bond acceptors (Lipinski definition) is 6. The highest BCUT2D eigenvalue weighted by molar-refractivity contribution is 7.89. The molecule has 150 valence electrons. The van der Waals surface area contributed by atoms with Crippen LogP contribution >= 0.6 is 0 Å².